The molecule has 2 heterocycles. The number of anilines is 1. The van der Waals surface area contributed by atoms with Gasteiger partial charge in [0.1, 0.15) is 17.7 Å². The molecular formula is C9H12N5O2P. The van der Waals surface area contributed by atoms with Gasteiger partial charge in [0.2, 0.25) is 0 Å². The average molecular weight is 253 g/mol. The number of hydrogen-bond donors (Lipinski definition) is 2. The Labute approximate surface area is 99.0 Å². The van der Waals surface area contributed by atoms with Crippen LogP contribution in [-0.2, 0) is 15.7 Å². The van der Waals surface area contributed by atoms with E-state index in [0.29, 0.717) is 35.8 Å². The molecule has 0 bridgehead atoms. The van der Waals surface area contributed by atoms with E-state index in [2.05, 4.69) is 19.9 Å². The Kier molecular flexibility index (Phi) is 3.95. The molecule has 7 nitrogen and oxygen atoms in total. The minimum atomic E-state index is 0.00146. The first-order valence-electron chi connectivity index (χ1n) is 5.13. The molecule has 0 aromatic carbocycles. The quantitative estimate of drug-likeness (QED) is 0.590. The highest BCUT2D eigenvalue weighted by Crippen LogP contribution is 2.13. The molecule has 3 N–H and O–H groups in total. The van der Waals surface area contributed by atoms with E-state index >= 15 is 0 Å². The molecule has 0 radical (unpaired) electrons. The molecule has 17 heavy (non-hydrogen) atoms. The van der Waals surface area contributed by atoms with Crippen LogP contribution in [0.2, 0.25) is 0 Å². The van der Waals surface area contributed by atoms with Gasteiger partial charge in [0, 0.05) is 13.0 Å². The van der Waals surface area contributed by atoms with E-state index in [1.54, 1.807) is 0 Å². The van der Waals surface area contributed by atoms with E-state index in [0.717, 1.165) is 6.42 Å². The fourth-order valence-corrected chi connectivity index (χ4v) is 1.65. The lowest BCUT2D eigenvalue weighted by molar-refractivity contribution is 0.176. The fraction of sp³-hybridized carbons (Fsp3) is 0.444. The maximum Gasteiger partial charge on any atom is 0.183 e. The molecule has 0 amide bonds. The van der Waals surface area contributed by atoms with Gasteiger partial charge in [-0.15, -0.1) is 0 Å². The van der Waals surface area contributed by atoms with E-state index in [1.807, 2.05) is 0 Å². The number of ether oxygens (including phenoxy) is 1. The fourth-order valence-electron chi connectivity index (χ4n) is 1.45. The van der Waals surface area contributed by atoms with Crippen LogP contribution in [0.5, 0.6) is 0 Å². The molecule has 8 heteroatoms. The summed E-state index contributed by atoms with van der Waals surface area (Å²) in [7, 11) is 0.00146. The second-order valence-electron chi connectivity index (χ2n) is 3.40. The summed E-state index contributed by atoms with van der Waals surface area (Å²) in [5.41, 5.74) is 6.99. The third-order valence-corrected chi connectivity index (χ3v) is 2.48. The topological polar surface area (TPSA) is 107 Å². The average Bonchev–Trinajstić information content (AvgIpc) is 2.77. The van der Waals surface area contributed by atoms with Crippen LogP contribution in [0, 0.1) is 0 Å². The van der Waals surface area contributed by atoms with Crippen molar-refractivity contribution in [1.82, 2.24) is 19.9 Å². The first-order chi connectivity index (χ1) is 8.31. The van der Waals surface area contributed by atoms with Crippen molar-refractivity contribution in [2.75, 3.05) is 18.7 Å². The highest BCUT2D eigenvalue weighted by Gasteiger charge is 2.06. The zero-order valence-electron chi connectivity index (χ0n) is 9.09. The Morgan fingerprint density at radius 1 is 1.47 bits per heavy atom. The minimum Gasteiger partial charge on any atom is -0.382 e. The molecule has 0 fully saturated rings. The summed E-state index contributed by atoms with van der Waals surface area (Å²) in [6, 6.07) is 0. The summed E-state index contributed by atoms with van der Waals surface area (Å²) in [6.07, 6.45) is 3.17. The second-order valence-corrected chi connectivity index (χ2v) is 3.91. The lowest BCUT2D eigenvalue weighted by Crippen LogP contribution is -2.03. The molecule has 0 aliphatic heterocycles. The van der Waals surface area contributed by atoms with E-state index in [9.17, 15) is 4.57 Å². The van der Waals surface area contributed by atoms with Gasteiger partial charge in [0.15, 0.2) is 19.9 Å². The SMILES string of the molecule is Nc1nc(CCCOCP=O)nc2nc[nH]c12. The number of hydrogen-bond acceptors (Lipinski definition) is 6. The van der Waals surface area contributed by atoms with E-state index in [4.69, 9.17) is 10.5 Å². The van der Waals surface area contributed by atoms with Crippen LogP contribution in [0.25, 0.3) is 11.2 Å². The minimum absolute atomic E-state index is 0.00146. The van der Waals surface area contributed by atoms with Crippen molar-refractivity contribution in [2.45, 2.75) is 12.8 Å². The van der Waals surface area contributed by atoms with Crippen molar-refractivity contribution in [1.29, 1.82) is 0 Å². The summed E-state index contributed by atoms with van der Waals surface area (Å²) in [4.78, 5) is 15.3. The number of fused-ring (bicyclic) bond motifs is 1. The molecule has 90 valence electrons. The van der Waals surface area contributed by atoms with Gasteiger partial charge in [-0.3, -0.25) is 4.57 Å². The number of aromatic amines is 1. The molecule has 0 atom stereocenters. The van der Waals surface area contributed by atoms with Crippen molar-refractivity contribution in [2.24, 2.45) is 0 Å². The lowest BCUT2D eigenvalue weighted by Gasteiger charge is -2.02. The third-order valence-electron chi connectivity index (χ3n) is 2.19. The third kappa shape index (κ3) is 2.95. The highest BCUT2D eigenvalue weighted by molar-refractivity contribution is 7.23. The molecule has 2 aromatic heterocycles. The van der Waals surface area contributed by atoms with Gasteiger partial charge in [0.05, 0.1) is 6.33 Å². The standard InChI is InChI=1S/C9H12N5O2P/c10-8-7-9(12-4-11-7)14-6(13-8)2-1-3-16-5-17-15/h4H,1-3,5H2,(H3,10,11,12,13,14). The van der Waals surface area contributed by atoms with Crippen molar-refractivity contribution >= 4 is 25.4 Å². The van der Waals surface area contributed by atoms with Crippen molar-refractivity contribution < 1.29 is 9.30 Å². The molecule has 0 spiro atoms. The summed E-state index contributed by atoms with van der Waals surface area (Å²) >= 11 is 0. The lowest BCUT2D eigenvalue weighted by atomic mass is 10.3. The largest absolute Gasteiger partial charge is 0.382 e. The smallest absolute Gasteiger partial charge is 0.183 e. The Morgan fingerprint density at radius 3 is 3.18 bits per heavy atom. The van der Waals surface area contributed by atoms with Crippen molar-refractivity contribution in [3.05, 3.63) is 12.2 Å². The number of nitrogens with two attached hydrogens (primary N) is 1. The van der Waals surface area contributed by atoms with Crippen LogP contribution in [0.3, 0.4) is 0 Å². The Bertz CT molecular complexity index is 515. The summed E-state index contributed by atoms with van der Waals surface area (Å²) in [5.74, 6) is 1.05. The summed E-state index contributed by atoms with van der Waals surface area (Å²) in [6.45, 7) is 0.525. The van der Waals surface area contributed by atoms with Crippen LogP contribution >= 0.6 is 8.46 Å². The molecule has 0 unspecified atom stereocenters. The Balaban J connectivity index is 1.96. The second kappa shape index (κ2) is 5.65. The van der Waals surface area contributed by atoms with Crippen LogP contribution in [0.15, 0.2) is 6.33 Å². The molecule has 2 aromatic rings. The zero-order chi connectivity index (χ0) is 12.1. The van der Waals surface area contributed by atoms with Crippen LogP contribution in [0.4, 0.5) is 5.82 Å². The number of aryl methyl sites for hydroxylation is 1. The summed E-state index contributed by atoms with van der Waals surface area (Å²) < 4.78 is 15.2. The molecule has 0 aliphatic carbocycles. The molecule has 0 saturated carbocycles. The van der Waals surface area contributed by atoms with Gasteiger partial charge in [0.25, 0.3) is 0 Å². The first-order valence-corrected chi connectivity index (χ1v) is 6.13. The van der Waals surface area contributed by atoms with E-state index in [1.165, 1.54) is 6.33 Å². The first kappa shape index (κ1) is 11.9. The van der Waals surface area contributed by atoms with Gasteiger partial charge in [-0.2, -0.15) is 0 Å². The van der Waals surface area contributed by atoms with E-state index in [-0.39, 0.29) is 14.8 Å². The highest BCUT2D eigenvalue weighted by atomic mass is 31.1. The Morgan fingerprint density at radius 2 is 2.35 bits per heavy atom. The maximum atomic E-state index is 10.1. The number of aromatic nitrogens is 4. The number of imidazole rings is 1. The summed E-state index contributed by atoms with van der Waals surface area (Å²) in [5, 5.41) is 0. The van der Waals surface area contributed by atoms with Crippen LogP contribution < -0.4 is 5.73 Å². The number of nitrogens with one attached hydrogen (secondary N) is 1. The zero-order valence-corrected chi connectivity index (χ0v) is 9.98. The monoisotopic (exact) mass is 253 g/mol. The normalized spacial score (nSPS) is 11.3. The molecule has 2 rings (SSSR count). The van der Waals surface area contributed by atoms with Gasteiger partial charge < -0.3 is 15.5 Å². The number of nitrogen functional groups attached to an aromatic ring is 1. The van der Waals surface area contributed by atoms with Gasteiger partial charge >= 0.3 is 0 Å². The van der Waals surface area contributed by atoms with Gasteiger partial charge in [-0.1, -0.05) is 0 Å². The van der Waals surface area contributed by atoms with Gasteiger partial charge in [-0.25, -0.2) is 15.0 Å². The Hall–Kier alpha value is -1.59. The van der Waals surface area contributed by atoms with Crippen LogP contribution in [0.1, 0.15) is 12.2 Å². The number of nitrogens with zero attached hydrogens (tertiary/aromatic N) is 3. The maximum absolute atomic E-state index is 10.1. The van der Waals surface area contributed by atoms with Crippen LogP contribution in [-0.4, -0.2) is 32.9 Å². The van der Waals surface area contributed by atoms with E-state index < -0.39 is 0 Å². The molecule has 0 aliphatic rings. The van der Waals surface area contributed by atoms with Crippen molar-refractivity contribution in [3.63, 3.8) is 0 Å². The van der Waals surface area contributed by atoms with Gasteiger partial charge in [-0.05, 0) is 6.42 Å². The molecule has 0 saturated heterocycles. The molecular weight excluding hydrogens is 241 g/mol. The van der Waals surface area contributed by atoms with Crippen molar-refractivity contribution in [3.8, 4) is 0 Å². The predicted molar refractivity (Wildman–Crippen MR) is 62.8 cm³/mol. The number of rotatable bonds is 6. The predicted octanol–water partition coefficient (Wildman–Crippen LogP) is 1.13. The number of H-pyrrole nitrogens is 1.